The van der Waals surface area contributed by atoms with E-state index in [4.69, 9.17) is 0 Å². The molecule has 1 aliphatic rings. The van der Waals surface area contributed by atoms with Crippen LogP contribution in [0.25, 0.3) is 6.08 Å². The van der Waals surface area contributed by atoms with E-state index in [1.165, 1.54) is 30.0 Å². The molecule has 1 aromatic carbocycles. The van der Waals surface area contributed by atoms with Gasteiger partial charge in [0.15, 0.2) is 0 Å². The molecule has 0 bridgehead atoms. The molecule has 0 unspecified atom stereocenters. The number of pyridine rings is 1. The standard InChI is InChI=1S/C19H16FN3O3S2/c1-27-17-13(6-4-8-22-17)16(24)21-9-10-23-18(25)15(28-19(23)26)11-12-5-2-3-7-14(12)20/h2-8,11H,9-10H2,1H3,(H,21,24). The number of aromatic nitrogens is 1. The third-order valence-corrected chi connectivity index (χ3v) is 5.51. The Morgan fingerprint density at radius 2 is 2.07 bits per heavy atom. The predicted octanol–water partition coefficient (Wildman–Crippen LogP) is 3.41. The summed E-state index contributed by atoms with van der Waals surface area (Å²) in [7, 11) is 0. The summed E-state index contributed by atoms with van der Waals surface area (Å²) in [4.78, 5) is 42.2. The van der Waals surface area contributed by atoms with Gasteiger partial charge in [0.25, 0.3) is 17.1 Å². The second-order valence-electron chi connectivity index (χ2n) is 5.67. The van der Waals surface area contributed by atoms with Gasteiger partial charge in [-0.2, -0.15) is 0 Å². The quantitative estimate of drug-likeness (QED) is 0.573. The number of hydrogen-bond donors (Lipinski definition) is 1. The van der Waals surface area contributed by atoms with Crippen LogP contribution in [0.2, 0.25) is 0 Å². The van der Waals surface area contributed by atoms with E-state index in [1.807, 2.05) is 6.26 Å². The molecule has 1 fully saturated rings. The molecule has 0 aliphatic carbocycles. The van der Waals surface area contributed by atoms with Crippen LogP contribution < -0.4 is 5.32 Å². The lowest BCUT2D eigenvalue weighted by Gasteiger charge is -2.13. The summed E-state index contributed by atoms with van der Waals surface area (Å²) in [6.45, 7) is 0.131. The molecule has 1 N–H and O–H groups in total. The highest BCUT2D eigenvalue weighted by atomic mass is 32.2. The van der Waals surface area contributed by atoms with E-state index in [0.717, 1.165) is 16.7 Å². The first-order valence-electron chi connectivity index (χ1n) is 8.28. The van der Waals surface area contributed by atoms with E-state index in [1.54, 1.807) is 30.5 Å². The summed E-state index contributed by atoms with van der Waals surface area (Å²) in [6, 6.07) is 9.33. The summed E-state index contributed by atoms with van der Waals surface area (Å²) in [6.07, 6.45) is 4.78. The molecule has 1 aromatic heterocycles. The van der Waals surface area contributed by atoms with Crippen LogP contribution in [0.15, 0.2) is 52.5 Å². The molecule has 2 aromatic rings. The van der Waals surface area contributed by atoms with Crippen LogP contribution in [0.1, 0.15) is 15.9 Å². The minimum Gasteiger partial charge on any atom is -0.350 e. The third-order valence-electron chi connectivity index (χ3n) is 3.90. The van der Waals surface area contributed by atoms with Gasteiger partial charge in [-0.3, -0.25) is 19.3 Å². The van der Waals surface area contributed by atoms with E-state index in [0.29, 0.717) is 10.6 Å². The Morgan fingerprint density at radius 1 is 1.29 bits per heavy atom. The van der Waals surface area contributed by atoms with Gasteiger partial charge in [0.2, 0.25) is 0 Å². The highest BCUT2D eigenvalue weighted by molar-refractivity contribution is 8.18. The first-order chi connectivity index (χ1) is 13.5. The molecule has 6 nitrogen and oxygen atoms in total. The van der Waals surface area contributed by atoms with Crippen molar-refractivity contribution in [2.45, 2.75) is 5.03 Å². The van der Waals surface area contributed by atoms with E-state index in [2.05, 4.69) is 10.3 Å². The number of nitrogens with zero attached hydrogens (tertiary/aromatic N) is 2. The maximum absolute atomic E-state index is 13.8. The Morgan fingerprint density at radius 3 is 2.82 bits per heavy atom. The Bertz CT molecular complexity index is 965. The van der Waals surface area contributed by atoms with Crippen LogP contribution in [0.4, 0.5) is 9.18 Å². The number of benzene rings is 1. The average molecular weight is 417 g/mol. The maximum atomic E-state index is 13.8. The lowest BCUT2D eigenvalue weighted by atomic mass is 10.2. The topological polar surface area (TPSA) is 79.4 Å². The van der Waals surface area contributed by atoms with Gasteiger partial charge in [0, 0.05) is 24.8 Å². The molecule has 144 valence electrons. The van der Waals surface area contributed by atoms with E-state index < -0.39 is 17.0 Å². The predicted molar refractivity (Wildman–Crippen MR) is 107 cm³/mol. The number of rotatable bonds is 6. The van der Waals surface area contributed by atoms with E-state index in [-0.39, 0.29) is 29.5 Å². The number of halogens is 1. The van der Waals surface area contributed by atoms with Gasteiger partial charge >= 0.3 is 0 Å². The molecule has 9 heteroatoms. The van der Waals surface area contributed by atoms with E-state index >= 15 is 0 Å². The smallest absolute Gasteiger partial charge is 0.293 e. The van der Waals surface area contributed by atoms with Crippen molar-refractivity contribution in [1.29, 1.82) is 0 Å². The summed E-state index contributed by atoms with van der Waals surface area (Å²) in [5.41, 5.74) is 0.672. The Kier molecular flexibility index (Phi) is 6.48. The maximum Gasteiger partial charge on any atom is 0.293 e. The average Bonchev–Trinajstić information content (AvgIpc) is 2.97. The lowest BCUT2D eigenvalue weighted by Crippen LogP contribution is -2.37. The van der Waals surface area contributed by atoms with Crippen LogP contribution in [-0.2, 0) is 4.79 Å². The van der Waals surface area contributed by atoms with Crippen molar-refractivity contribution in [2.75, 3.05) is 19.3 Å². The van der Waals surface area contributed by atoms with Crippen molar-refractivity contribution in [2.24, 2.45) is 0 Å². The van der Waals surface area contributed by atoms with Crippen molar-refractivity contribution in [3.8, 4) is 0 Å². The van der Waals surface area contributed by atoms with Gasteiger partial charge in [0.05, 0.1) is 10.5 Å². The second kappa shape index (κ2) is 9.03. The summed E-state index contributed by atoms with van der Waals surface area (Å²) in [5.74, 6) is -1.30. The van der Waals surface area contributed by atoms with Crippen LogP contribution in [0.3, 0.4) is 0 Å². The number of thioether (sulfide) groups is 2. The second-order valence-corrected chi connectivity index (χ2v) is 7.46. The Balaban J connectivity index is 1.62. The van der Waals surface area contributed by atoms with Crippen LogP contribution >= 0.6 is 23.5 Å². The first-order valence-corrected chi connectivity index (χ1v) is 10.3. The molecule has 3 rings (SSSR count). The molecular formula is C19H16FN3O3S2. The molecule has 0 spiro atoms. The fraction of sp³-hybridized carbons (Fsp3) is 0.158. The largest absolute Gasteiger partial charge is 0.350 e. The van der Waals surface area contributed by atoms with Gasteiger partial charge in [-0.05, 0) is 42.3 Å². The molecular weight excluding hydrogens is 401 g/mol. The highest BCUT2D eigenvalue weighted by Crippen LogP contribution is 2.32. The fourth-order valence-corrected chi connectivity index (χ4v) is 3.93. The lowest BCUT2D eigenvalue weighted by molar-refractivity contribution is -0.122. The van der Waals surface area contributed by atoms with Crippen LogP contribution in [-0.4, -0.2) is 46.3 Å². The Hall–Kier alpha value is -2.65. The van der Waals surface area contributed by atoms with Gasteiger partial charge in [-0.15, -0.1) is 11.8 Å². The number of hydrogen-bond acceptors (Lipinski definition) is 6. The normalized spacial score (nSPS) is 15.4. The highest BCUT2D eigenvalue weighted by Gasteiger charge is 2.34. The molecule has 3 amide bonds. The first kappa shape index (κ1) is 20.1. The number of imide groups is 1. The zero-order valence-electron chi connectivity index (χ0n) is 14.8. The van der Waals surface area contributed by atoms with Gasteiger partial charge in [0.1, 0.15) is 10.8 Å². The number of nitrogens with one attached hydrogen (secondary N) is 1. The van der Waals surface area contributed by atoms with Crippen LogP contribution in [0.5, 0.6) is 0 Å². The molecule has 0 atom stereocenters. The molecule has 1 aliphatic heterocycles. The number of carbonyl (C=O) groups excluding carboxylic acids is 3. The molecule has 2 heterocycles. The summed E-state index contributed by atoms with van der Waals surface area (Å²) in [5, 5.41) is 2.83. The van der Waals surface area contributed by atoms with E-state index in [9.17, 15) is 18.8 Å². The molecule has 0 radical (unpaired) electrons. The van der Waals surface area contributed by atoms with Crippen molar-refractivity contribution < 1.29 is 18.8 Å². The van der Waals surface area contributed by atoms with Crippen LogP contribution in [0, 0.1) is 5.82 Å². The minimum atomic E-state index is -0.501. The van der Waals surface area contributed by atoms with Gasteiger partial charge in [-0.25, -0.2) is 9.37 Å². The van der Waals surface area contributed by atoms with Gasteiger partial charge < -0.3 is 5.32 Å². The van der Waals surface area contributed by atoms with Crippen molar-refractivity contribution >= 4 is 46.7 Å². The zero-order valence-corrected chi connectivity index (χ0v) is 16.5. The fourth-order valence-electron chi connectivity index (χ4n) is 2.53. The van der Waals surface area contributed by atoms with Gasteiger partial charge in [-0.1, -0.05) is 18.2 Å². The third kappa shape index (κ3) is 4.42. The monoisotopic (exact) mass is 417 g/mol. The summed E-state index contributed by atoms with van der Waals surface area (Å²) < 4.78 is 13.8. The van der Waals surface area contributed by atoms with Crippen molar-refractivity contribution in [3.63, 3.8) is 0 Å². The number of amides is 3. The molecule has 1 saturated heterocycles. The summed E-state index contributed by atoms with van der Waals surface area (Å²) >= 11 is 2.11. The zero-order chi connectivity index (χ0) is 20.1. The van der Waals surface area contributed by atoms with Crippen molar-refractivity contribution in [1.82, 2.24) is 15.2 Å². The SMILES string of the molecule is CSc1ncccc1C(=O)NCCN1C(=O)SC(=Cc2ccccc2F)C1=O. The molecule has 28 heavy (non-hydrogen) atoms. The number of carbonyl (C=O) groups is 3. The Labute approximate surface area is 169 Å². The van der Waals surface area contributed by atoms with Crippen molar-refractivity contribution in [3.05, 3.63) is 64.4 Å². The minimum absolute atomic E-state index is 0.0277. The molecule has 0 saturated carbocycles.